The molecule has 0 atom stereocenters. The van der Waals surface area contributed by atoms with Crippen LogP contribution in [-0.4, -0.2) is 35.7 Å². The second-order valence-electron chi connectivity index (χ2n) is 4.27. The van der Waals surface area contributed by atoms with Gasteiger partial charge in [0.25, 0.3) is 0 Å². The van der Waals surface area contributed by atoms with Crippen LogP contribution in [0.3, 0.4) is 0 Å². The molecule has 1 amide bonds. The lowest BCUT2D eigenvalue weighted by atomic mass is 10.2. The van der Waals surface area contributed by atoms with Gasteiger partial charge in [-0.05, 0) is 26.8 Å². The molecule has 0 saturated carbocycles. The predicted octanol–water partition coefficient (Wildman–Crippen LogP) is 1.91. The van der Waals surface area contributed by atoms with Gasteiger partial charge in [-0.1, -0.05) is 12.2 Å². The summed E-state index contributed by atoms with van der Waals surface area (Å²) in [6, 6.07) is 0. The summed E-state index contributed by atoms with van der Waals surface area (Å²) in [6.45, 7) is 5.39. The monoisotopic (exact) mass is 230 g/mol. The Hall–Kier alpha value is -1.10. The van der Waals surface area contributed by atoms with Gasteiger partial charge in [0.1, 0.15) is 10.6 Å². The van der Waals surface area contributed by atoms with Gasteiger partial charge in [0.15, 0.2) is 0 Å². The van der Waals surface area contributed by atoms with Gasteiger partial charge >= 0.3 is 6.09 Å². The molecule has 0 saturated heterocycles. The van der Waals surface area contributed by atoms with Gasteiger partial charge < -0.3 is 9.64 Å². The van der Waals surface area contributed by atoms with E-state index in [1.165, 1.54) is 0 Å². The second kappa shape index (κ2) is 5.70. The third-order valence-electron chi connectivity index (χ3n) is 1.15. The van der Waals surface area contributed by atoms with Crippen molar-refractivity contribution in [2.24, 2.45) is 0 Å². The third kappa shape index (κ3) is 9.21. The summed E-state index contributed by atoms with van der Waals surface area (Å²) in [5.74, 6) is 0. The van der Waals surface area contributed by atoms with Crippen molar-refractivity contribution >= 4 is 23.3 Å². The number of carbonyl (C=O) groups excluding carboxylic acids is 1. The highest BCUT2D eigenvalue weighted by atomic mass is 32.1. The highest BCUT2D eigenvalue weighted by molar-refractivity contribution is 7.80. The van der Waals surface area contributed by atoms with Crippen molar-refractivity contribution in [2.75, 3.05) is 14.1 Å². The summed E-state index contributed by atoms with van der Waals surface area (Å²) in [6.07, 6.45) is 2.84. The molecule has 0 aromatic heterocycles. The van der Waals surface area contributed by atoms with E-state index in [9.17, 15) is 4.79 Å². The molecule has 15 heavy (non-hydrogen) atoms. The Morgan fingerprint density at radius 1 is 1.40 bits per heavy atom. The maximum absolute atomic E-state index is 11.2. The smallest absolute Gasteiger partial charge is 0.412 e. The van der Waals surface area contributed by atoms with Crippen molar-refractivity contribution < 1.29 is 9.53 Å². The second-order valence-corrected chi connectivity index (χ2v) is 4.71. The maximum Gasteiger partial charge on any atom is 0.412 e. The summed E-state index contributed by atoms with van der Waals surface area (Å²) in [5.41, 5.74) is -0.509. The first-order valence-corrected chi connectivity index (χ1v) is 5.00. The third-order valence-corrected chi connectivity index (χ3v) is 1.39. The molecular weight excluding hydrogens is 212 g/mol. The number of rotatable bonds is 2. The van der Waals surface area contributed by atoms with Crippen LogP contribution in [0.2, 0.25) is 0 Å². The molecule has 0 aliphatic heterocycles. The zero-order chi connectivity index (χ0) is 12.1. The molecule has 0 aliphatic carbocycles. The minimum absolute atomic E-state index is 0.331. The molecule has 4 nitrogen and oxygen atoms in total. The minimum Gasteiger partial charge on any atom is -0.444 e. The molecule has 5 heteroatoms. The zero-order valence-electron chi connectivity index (χ0n) is 9.83. The average Bonchev–Trinajstić information content (AvgIpc) is 1.96. The first-order valence-electron chi connectivity index (χ1n) is 4.59. The van der Waals surface area contributed by atoms with E-state index >= 15 is 0 Å². The quantitative estimate of drug-likeness (QED) is 0.581. The molecule has 0 unspecified atom stereocenters. The molecule has 0 rings (SSSR count). The molecule has 0 bridgehead atoms. The Balaban J connectivity index is 4.03. The molecule has 0 aromatic rings. The van der Waals surface area contributed by atoms with E-state index in [1.54, 1.807) is 33.0 Å². The number of carbonyl (C=O) groups is 1. The van der Waals surface area contributed by atoms with E-state index in [-0.39, 0.29) is 0 Å². The lowest BCUT2D eigenvalue weighted by Gasteiger charge is -2.19. The van der Waals surface area contributed by atoms with Gasteiger partial charge in [-0.15, -0.1) is 0 Å². The lowest BCUT2D eigenvalue weighted by molar-refractivity contribution is 0.0564. The van der Waals surface area contributed by atoms with Gasteiger partial charge in [0, 0.05) is 20.3 Å². The van der Waals surface area contributed by atoms with E-state index in [0.29, 0.717) is 4.99 Å². The largest absolute Gasteiger partial charge is 0.444 e. The fraction of sp³-hybridized carbons (Fsp3) is 0.600. The van der Waals surface area contributed by atoms with Crippen molar-refractivity contribution in [1.29, 1.82) is 0 Å². The topological polar surface area (TPSA) is 41.6 Å². The molecule has 0 radical (unpaired) electrons. The number of hydrogen-bond acceptors (Lipinski definition) is 4. The number of amides is 1. The number of thiocarbonyl (C=S) groups is 1. The molecule has 86 valence electrons. The van der Waals surface area contributed by atoms with Gasteiger partial charge in [0.2, 0.25) is 0 Å². The van der Waals surface area contributed by atoms with Gasteiger partial charge in [-0.25, -0.2) is 4.79 Å². The van der Waals surface area contributed by atoms with E-state index < -0.39 is 11.7 Å². The minimum atomic E-state index is -0.532. The normalized spacial score (nSPS) is 11.3. The summed E-state index contributed by atoms with van der Waals surface area (Å²) < 4.78 is 5.03. The molecule has 0 fully saturated rings. The number of nitrogens with zero attached hydrogens (tertiary/aromatic N) is 1. The summed E-state index contributed by atoms with van der Waals surface area (Å²) in [4.78, 5) is 13.4. The molecule has 0 spiro atoms. The van der Waals surface area contributed by atoms with Crippen LogP contribution in [0.1, 0.15) is 20.8 Å². The fourth-order valence-corrected chi connectivity index (χ4v) is 0.807. The van der Waals surface area contributed by atoms with Crippen molar-refractivity contribution in [3.8, 4) is 0 Å². The van der Waals surface area contributed by atoms with E-state index in [1.807, 2.05) is 19.0 Å². The van der Waals surface area contributed by atoms with E-state index in [0.717, 1.165) is 0 Å². The van der Waals surface area contributed by atoms with Crippen LogP contribution >= 0.6 is 12.2 Å². The van der Waals surface area contributed by atoms with Gasteiger partial charge in [-0.3, -0.25) is 5.32 Å². The fourth-order valence-electron chi connectivity index (χ4n) is 0.663. The predicted molar refractivity (Wildman–Crippen MR) is 64.8 cm³/mol. The van der Waals surface area contributed by atoms with Crippen LogP contribution in [0.5, 0.6) is 0 Å². The number of nitrogens with one attached hydrogen (secondary N) is 1. The summed E-state index contributed by atoms with van der Waals surface area (Å²) >= 11 is 4.91. The highest BCUT2D eigenvalue weighted by Gasteiger charge is 2.16. The van der Waals surface area contributed by atoms with Crippen molar-refractivity contribution in [2.45, 2.75) is 26.4 Å². The first-order chi connectivity index (χ1) is 6.70. The van der Waals surface area contributed by atoms with E-state index in [2.05, 4.69) is 5.32 Å². The van der Waals surface area contributed by atoms with Crippen molar-refractivity contribution in [3.05, 3.63) is 12.3 Å². The average molecular weight is 230 g/mol. The van der Waals surface area contributed by atoms with Crippen molar-refractivity contribution in [3.63, 3.8) is 0 Å². The van der Waals surface area contributed by atoms with Crippen LogP contribution in [0.4, 0.5) is 4.79 Å². The molecule has 0 heterocycles. The summed E-state index contributed by atoms with van der Waals surface area (Å²) in [5, 5.41) is 2.45. The standard InChI is InChI=1S/C10H18N2O2S/c1-10(2,3)14-9(13)11-8(15)6-7-12(4)5/h6-7H,1-5H3,(H,11,13,15)/b7-6+. The van der Waals surface area contributed by atoms with Crippen LogP contribution in [0, 0.1) is 0 Å². The maximum atomic E-state index is 11.2. The SMILES string of the molecule is CN(C)/C=C/C(=S)NC(=O)OC(C)(C)C. The van der Waals surface area contributed by atoms with Crippen molar-refractivity contribution in [1.82, 2.24) is 10.2 Å². The Morgan fingerprint density at radius 3 is 2.33 bits per heavy atom. The Bertz CT molecular complexity index is 267. The molecule has 1 N–H and O–H groups in total. The number of alkyl carbamates (subject to hydrolysis) is 1. The van der Waals surface area contributed by atoms with E-state index in [4.69, 9.17) is 17.0 Å². The first kappa shape index (κ1) is 13.9. The zero-order valence-corrected chi connectivity index (χ0v) is 10.6. The van der Waals surface area contributed by atoms with Crippen LogP contribution in [-0.2, 0) is 4.74 Å². The van der Waals surface area contributed by atoms with Crippen LogP contribution in [0.25, 0.3) is 0 Å². The van der Waals surface area contributed by atoms with Gasteiger partial charge in [-0.2, -0.15) is 0 Å². The lowest BCUT2D eigenvalue weighted by Crippen LogP contribution is -2.34. The number of hydrogen-bond donors (Lipinski definition) is 1. The van der Waals surface area contributed by atoms with Crippen LogP contribution in [0.15, 0.2) is 12.3 Å². The Labute approximate surface area is 96.3 Å². The molecular formula is C10H18N2O2S. The molecule has 0 aliphatic rings. The highest BCUT2D eigenvalue weighted by Crippen LogP contribution is 2.06. The Kier molecular flexibility index (Phi) is 5.28. The summed E-state index contributed by atoms with van der Waals surface area (Å²) in [7, 11) is 3.74. The van der Waals surface area contributed by atoms with Gasteiger partial charge in [0.05, 0.1) is 0 Å². The Morgan fingerprint density at radius 2 is 1.93 bits per heavy atom. The number of ether oxygens (including phenoxy) is 1. The molecule has 0 aromatic carbocycles. The van der Waals surface area contributed by atoms with Crippen LogP contribution < -0.4 is 5.32 Å².